The second kappa shape index (κ2) is 5.58. The molecule has 1 aromatic rings. The topological polar surface area (TPSA) is 46.3 Å². The van der Waals surface area contributed by atoms with E-state index in [1.807, 2.05) is 13.8 Å². The van der Waals surface area contributed by atoms with Crippen LogP contribution in [0.2, 0.25) is 0 Å². The maximum Gasteiger partial charge on any atom is 0.227 e. The van der Waals surface area contributed by atoms with Crippen molar-refractivity contribution in [1.29, 1.82) is 0 Å². The maximum atomic E-state index is 12.5. The zero-order chi connectivity index (χ0) is 14.1. The number of aryl methyl sites for hydroxylation is 2. The van der Waals surface area contributed by atoms with Crippen LogP contribution in [-0.2, 0) is 11.2 Å². The second-order valence-corrected chi connectivity index (χ2v) is 6.41. The molecule has 1 amide bonds. The van der Waals surface area contributed by atoms with Crippen LogP contribution in [0.4, 0.5) is 0 Å². The van der Waals surface area contributed by atoms with E-state index in [0.29, 0.717) is 6.42 Å². The largest absolute Gasteiger partial charge is 0.361 e. The zero-order valence-corrected chi connectivity index (χ0v) is 12.5. The number of rotatable bonds is 2. The average Bonchev–Trinajstić information content (AvgIpc) is 2.78. The Morgan fingerprint density at radius 1 is 1.25 bits per heavy atom. The van der Waals surface area contributed by atoms with Crippen molar-refractivity contribution in [2.24, 2.45) is 11.8 Å². The Labute approximate surface area is 120 Å². The highest BCUT2D eigenvalue weighted by Crippen LogP contribution is 2.36. The number of amides is 1. The van der Waals surface area contributed by atoms with E-state index in [2.05, 4.69) is 10.1 Å². The van der Waals surface area contributed by atoms with Crippen molar-refractivity contribution in [3.63, 3.8) is 0 Å². The first-order valence-corrected chi connectivity index (χ1v) is 7.84. The monoisotopic (exact) mass is 276 g/mol. The van der Waals surface area contributed by atoms with Gasteiger partial charge in [0.15, 0.2) is 0 Å². The zero-order valence-electron chi connectivity index (χ0n) is 12.5. The quantitative estimate of drug-likeness (QED) is 0.834. The van der Waals surface area contributed by atoms with Crippen molar-refractivity contribution >= 4 is 5.91 Å². The molecule has 1 aliphatic heterocycles. The SMILES string of the molecule is Cc1noc(C)c1CC(=O)N1CC[C@H]2CCCC[C@H]2C1. The van der Waals surface area contributed by atoms with Gasteiger partial charge in [0.2, 0.25) is 5.91 Å². The van der Waals surface area contributed by atoms with Gasteiger partial charge in [0.25, 0.3) is 0 Å². The van der Waals surface area contributed by atoms with Crippen LogP contribution in [0.15, 0.2) is 4.52 Å². The first-order valence-electron chi connectivity index (χ1n) is 7.84. The Morgan fingerprint density at radius 2 is 2.00 bits per heavy atom. The number of carbonyl (C=O) groups excluding carboxylic acids is 1. The van der Waals surface area contributed by atoms with Crippen LogP contribution in [-0.4, -0.2) is 29.1 Å². The molecule has 2 aliphatic rings. The summed E-state index contributed by atoms with van der Waals surface area (Å²) in [7, 11) is 0. The van der Waals surface area contributed by atoms with Gasteiger partial charge in [-0.05, 0) is 38.5 Å². The van der Waals surface area contributed by atoms with Gasteiger partial charge in [-0.2, -0.15) is 0 Å². The summed E-state index contributed by atoms with van der Waals surface area (Å²) < 4.78 is 5.15. The summed E-state index contributed by atoms with van der Waals surface area (Å²) >= 11 is 0. The van der Waals surface area contributed by atoms with E-state index in [4.69, 9.17) is 4.52 Å². The molecule has 2 heterocycles. The Hall–Kier alpha value is -1.32. The molecule has 110 valence electrons. The number of hydrogen-bond donors (Lipinski definition) is 0. The highest BCUT2D eigenvalue weighted by atomic mass is 16.5. The summed E-state index contributed by atoms with van der Waals surface area (Å²) in [6, 6.07) is 0. The van der Waals surface area contributed by atoms with Crippen LogP contribution in [0.25, 0.3) is 0 Å². The minimum atomic E-state index is 0.239. The summed E-state index contributed by atoms with van der Waals surface area (Å²) in [5.74, 6) is 2.63. The van der Waals surface area contributed by atoms with Gasteiger partial charge in [0, 0.05) is 18.7 Å². The predicted octanol–water partition coefficient (Wildman–Crippen LogP) is 2.87. The van der Waals surface area contributed by atoms with E-state index < -0.39 is 0 Å². The van der Waals surface area contributed by atoms with Crippen LogP contribution in [0.1, 0.15) is 49.1 Å². The molecule has 0 radical (unpaired) electrons. The Balaban J connectivity index is 1.63. The fraction of sp³-hybridized carbons (Fsp3) is 0.750. The third kappa shape index (κ3) is 2.60. The molecule has 0 aromatic carbocycles. The van der Waals surface area contributed by atoms with Crippen molar-refractivity contribution in [1.82, 2.24) is 10.1 Å². The molecule has 1 aromatic heterocycles. The fourth-order valence-electron chi connectivity index (χ4n) is 3.84. The molecule has 0 unspecified atom stereocenters. The number of carbonyl (C=O) groups is 1. The lowest BCUT2D eigenvalue weighted by molar-refractivity contribution is -0.133. The lowest BCUT2D eigenvalue weighted by Crippen LogP contribution is -2.45. The number of aromatic nitrogens is 1. The van der Waals surface area contributed by atoms with Crippen molar-refractivity contribution in [3.05, 3.63) is 17.0 Å². The molecule has 4 heteroatoms. The van der Waals surface area contributed by atoms with Crippen molar-refractivity contribution in [2.45, 2.75) is 52.4 Å². The van der Waals surface area contributed by atoms with Gasteiger partial charge in [-0.25, -0.2) is 0 Å². The number of piperidine rings is 1. The van der Waals surface area contributed by atoms with E-state index in [9.17, 15) is 4.79 Å². The molecule has 1 saturated carbocycles. The second-order valence-electron chi connectivity index (χ2n) is 6.41. The smallest absolute Gasteiger partial charge is 0.227 e. The maximum absolute atomic E-state index is 12.5. The van der Waals surface area contributed by atoms with E-state index in [1.165, 1.54) is 32.1 Å². The predicted molar refractivity (Wildman–Crippen MR) is 76.3 cm³/mol. The molecular formula is C16H24N2O2. The summed E-state index contributed by atoms with van der Waals surface area (Å²) in [4.78, 5) is 14.6. The van der Waals surface area contributed by atoms with Gasteiger partial charge in [-0.15, -0.1) is 0 Å². The Kier molecular flexibility index (Phi) is 3.81. The van der Waals surface area contributed by atoms with Gasteiger partial charge in [-0.1, -0.05) is 24.4 Å². The van der Waals surface area contributed by atoms with E-state index >= 15 is 0 Å². The minimum Gasteiger partial charge on any atom is -0.361 e. The molecule has 1 saturated heterocycles. The first kappa shape index (κ1) is 13.7. The highest BCUT2D eigenvalue weighted by molar-refractivity contribution is 5.79. The first-order chi connectivity index (χ1) is 9.65. The van der Waals surface area contributed by atoms with Crippen LogP contribution in [0.3, 0.4) is 0 Å². The summed E-state index contributed by atoms with van der Waals surface area (Å²) in [5.41, 5.74) is 1.82. The average molecular weight is 276 g/mol. The molecule has 1 aliphatic carbocycles. The summed E-state index contributed by atoms with van der Waals surface area (Å²) in [6.07, 6.45) is 7.04. The van der Waals surface area contributed by atoms with Gasteiger partial charge >= 0.3 is 0 Å². The van der Waals surface area contributed by atoms with Crippen LogP contribution in [0, 0.1) is 25.7 Å². The van der Waals surface area contributed by atoms with Crippen LogP contribution in [0.5, 0.6) is 0 Å². The number of fused-ring (bicyclic) bond motifs is 1. The lowest BCUT2D eigenvalue weighted by Gasteiger charge is -2.41. The van der Waals surface area contributed by atoms with Crippen LogP contribution >= 0.6 is 0 Å². The molecule has 2 fully saturated rings. The van der Waals surface area contributed by atoms with Gasteiger partial charge in [0.05, 0.1) is 12.1 Å². The molecule has 4 nitrogen and oxygen atoms in total. The molecule has 2 atom stereocenters. The molecule has 0 spiro atoms. The van der Waals surface area contributed by atoms with Crippen molar-refractivity contribution in [3.8, 4) is 0 Å². The summed E-state index contributed by atoms with van der Waals surface area (Å²) in [6.45, 7) is 5.69. The molecular weight excluding hydrogens is 252 g/mol. The third-order valence-corrected chi connectivity index (χ3v) is 5.15. The van der Waals surface area contributed by atoms with Gasteiger partial charge in [0.1, 0.15) is 5.76 Å². The Morgan fingerprint density at radius 3 is 2.70 bits per heavy atom. The van der Waals surface area contributed by atoms with E-state index in [-0.39, 0.29) is 5.91 Å². The van der Waals surface area contributed by atoms with Crippen molar-refractivity contribution < 1.29 is 9.32 Å². The molecule has 20 heavy (non-hydrogen) atoms. The van der Waals surface area contributed by atoms with Crippen molar-refractivity contribution in [2.75, 3.05) is 13.1 Å². The van der Waals surface area contributed by atoms with Gasteiger partial charge < -0.3 is 9.42 Å². The molecule has 0 bridgehead atoms. The van der Waals surface area contributed by atoms with E-state index in [0.717, 1.165) is 41.9 Å². The van der Waals surface area contributed by atoms with Gasteiger partial charge in [-0.3, -0.25) is 4.79 Å². The lowest BCUT2D eigenvalue weighted by atomic mass is 9.75. The Bertz CT molecular complexity index is 475. The number of hydrogen-bond acceptors (Lipinski definition) is 3. The molecule has 3 rings (SSSR count). The third-order valence-electron chi connectivity index (χ3n) is 5.15. The van der Waals surface area contributed by atoms with Crippen LogP contribution < -0.4 is 0 Å². The summed E-state index contributed by atoms with van der Waals surface area (Å²) in [5, 5.41) is 3.93. The standard InChI is InChI=1S/C16H24N2O2/c1-11-15(12(2)20-17-11)9-16(19)18-8-7-13-5-3-4-6-14(13)10-18/h13-14H,3-10H2,1-2H3/t13-,14+/m1/s1. The number of nitrogens with zero attached hydrogens (tertiary/aromatic N) is 2. The fourth-order valence-corrected chi connectivity index (χ4v) is 3.84. The minimum absolute atomic E-state index is 0.239. The number of likely N-dealkylation sites (tertiary alicyclic amines) is 1. The highest BCUT2D eigenvalue weighted by Gasteiger charge is 2.33. The normalized spacial score (nSPS) is 26.4. The van der Waals surface area contributed by atoms with E-state index in [1.54, 1.807) is 0 Å². The molecule has 0 N–H and O–H groups in total.